The molecule has 0 unspecified atom stereocenters. The fourth-order valence-corrected chi connectivity index (χ4v) is 3.35. The molecule has 1 saturated heterocycles. The molecule has 1 heterocycles. The number of nitrogens with zero attached hydrogens (tertiary/aromatic N) is 1. The van der Waals surface area contributed by atoms with Crippen molar-refractivity contribution in [2.75, 3.05) is 17.3 Å². The first-order chi connectivity index (χ1) is 11.9. The SMILES string of the molecule is COc1cccc(N2C(=O)C[C@@H](Nc3c(C)cc(C)cc3C)C2=O)c1. The Morgan fingerprint density at radius 2 is 1.76 bits per heavy atom. The van der Waals surface area contributed by atoms with E-state index in [1.54, 1.807) is 31.4 Å². The Kier molecular flexibility index (Phi) is 4.49. The highest BCUT2D eigenvalue weighted by Gasteiger charge is 2.40. The molecule has 0 aromatic heterocycles. The number of rotatable bonds is 4. The number of amides is 2. The third kappa shape index (κ3) is 3.22. The lowest BCUT2D eigenvalue weighted by Gasteiger charge is -2.19. The zero-order valence-corrected chi connectivity index (χ0v) is 14.9. The summed E-state index contributed by atoms with van der Waals surface area (Å²) in [5.74, 6) is 0.163. The van der Waals surface area contributed by atoms with Crippen LogP contribution in [0.5, 0.6) is 5.75 Å². The third-order valence-corrected chi connectivity index (χ3v) is 4.45. The maximum Gasteiger partial charge on any atom is 0.256 e. The smallest absolute Gasteiger partial charge is 0.256 e. The highest BCUT2D eigenvalue weighted by Crippen LogP contribution is 2.29. The van der Waals surface area contributed by atoms with E-state index >= 15 is 0 Å². The van der Waals surface area contributed by atoms with Crippen molar-refractivity contribution in [1.82, 2.24) is 0 Å². The highest BCUT2D eigenvalue weighted by molar-refractivity contribution is 6.23. The minimum Gasteiger partial charge on any atom is -0.497 e. The van der Waals surface area contributed by atoms with Crippen molar-refractivity contribution in [3.05, 3.63) is 53.1 Å². The zero-order valence-electron chi connectivity index (χ0n) is 14.9. The van der Waals surface area contributed by atoms with Crippen molar-refractivity contribution in [3.63, 3.8) is 0 Å². The van der Waals surface area contributed by atoms with Gasteiger partial charge in [0, 0.05) is 11.8 Å². The van der Waals surface area contributed by atoms with Crippen molar-refractivity contribution in [3.8, 4) is 5.75 Å². The van der Waals surface area contributed by atoms with Crippen LogP contribution in [0.4, 0.5) is 11.4 Å². The number of benzene rings is 2. The van der Waals surface area contributed by atoms with Gasteiger partial charge in [-0.3, -0.25) is 9.59 Å². The van der Waals surface area contributed by atoms with E-state index in [0.717, 1.165) is 16.8 Å². The summed E-state index contributed by atoms with van der Waals surface area (Å²) in [7, 11) is 1.56. The maximum absolute atomic E-state index is 12.8. The molecule has 2 amide bonds. The van der Waals surface area contributed by atoms with Gasteiger partial charge in [-0.05, 0) is 44.0 Å². The molecule has 1 atom stereocenters. The summed E-state index contributed by atoms with van der Waals surface area (Å²) < 4.78 is 5.19. The van der Waals surface area contributed by atoms with Crippen molar-refractivity contribution in [2.45, 2.75) is 33.2 Å². The van der Waals surface area contributed by atoms with Crippen molar-refractivity contribution in [1.29, 1.82) is 0 Å². The summed E-state index contributed by atoms with van der Waals surface area (Å²) in [6.45, 7) is 6.05. The van der Waals surface area contributed by atoms with Crippen LogP contribution in [0, 0.1) is 20.8 Å². The van der Waals surface area contributed by atoms with Crippen molar-refractivity contribution < 1.29 is 14.3 Å². The molecule has 1 aliphatic rings. The lowest BCUT2D eigenvalue weighted by Crippen LogP contribution is -2.35. The fourth-order valence-electron chi connectivity index (χ4n) is 3.35. The normalized spacial score (nSPS) is 17.1. The maximum atomic E-state index is 12.8. The molecule has 0 aliphatic carbocycles. The van der Waals surface area contributed by atoms with Crippen LogP contribution in [0.2, 0.25) is 0 Å². The summed E-state index contributed by atoms with van der Waals surface area (Å²) >= 11 is 0. The number of ether oxygens (including phenoxy) is 1. The van der Waals surface area contributed by atoms with Crippen LogP contribution in [0.3, 0.4) is 0 Å². The van der Waals surface area contributed by atoms with Gasteiger partial charge in [0.2, 0.25) is 5.91 Å². The number of carbonyl (C=O) groups excluding carboxylic acids is 2. The van der Waals surface area contributed by atoms with Gasteiger partial charge >= 0.3 is 0 Å². The molecule has 0 radical (unpaired) electrons. The van der Waals surface area contributed by atoms with E-state index in [4.69, 9.17) is 4.74 Å². The van der Waals surface area contributed by atoms with E-state index in [0.29, 0.717) is 11.4 Å². The average Bonchev–Trinajstić information content (AvgIpc) is 2.84. The zero-order chi connectivity index (χ0) is 18.1. The number of carbonyl (C=O) groups is 2. The third-order valence-electron chi connectivity index (χ3n) is 4.45. The van der Waals surface area contributed by atoms with Gasteiger partial charge in [0.25, 0.3) is 5.91 Å². The predicted octanol–water partition coefficient (Wildman–Crippen LogP) is 3.36. The summed E-state index contributed by atoms with van der Waals surface area (Å²) in [5, 5.41) is 3.27. The predicted molar refractivity (Wildman–Crippen MR) is 98.2 cm³/mol. The van der Waals surface area contributed by atoms with Crippen LogP contribution in [-0.4, -0.2) is 25.0 Å². The van der Waals surface area contributed by atoms with Crippen LogP contribution < -0.4 is 15.0 Å². The Labute approximate surface area is 147 Å². The van der Waals surface area contributed by atoms with Crippen molar-refractivity contribution >= 4 is 23.2 Å². The van der Waals surface area contributed by atoms with E-state index in [-0.39, 0.29) is 18.2 Å². The second-order valence-electron chi connectivity index (χ2n) is 6.44. The van der Waals surface area contributed by atoms with Crippen LogP contribution in [-0.2, 0) is 9.59 Å². The van der Waals surface area contributed by atoms with E-state index in [2.05, 4.69) is 17.4 Å². The number of aryl methyl sites for hydroxylation is 3. The molecule has 1 aliphatic heterocycles. The van der Waals surface area contributed by atoms with E-state index < -0.39 is 6.04 Å². The Balaban J connectivity index is 1.87. The van der Waals surface area contributed by atoms with E-state index in [1.165, 1.54) is 10.5 Å². The Bertz CT molecular complexity index is 822. The van der Waals surface area contributed by atoms with Gasteiger partial charge < -0.3 is 10.1 Å². The molecule has 1 N–H and O–H groups in total. The number of imide groups is 1. The summed E-state index contributed by atoms with van der Waals surface area (Å²) in [6.07, 6.45) is 0.142. The second kappa shape index (κ2) is 6.59. The van der Waals surface area contributed by atoms with E-state index in [1.807, 2.05) is 20.8 Å². The number of nitrogens with one attached hydrogen (secondary N) is 1. The molecular weight excluding hydrogens is 316 g/mol. The molecule has 2 aromatic carbocycles. The number of hydrogen-bond donors (Lipinski definition) is 1. The van der Waals surface area contributed by atoms with Crippen LogP contribution in [0.25, 0.3) is 0 Å². The quantitative estimate of drug-likeness (QED) is 0.869. The summed E-state index contributed by atoms with van der Waals surface area (Å²) in [4.78, 5) is 26.5. The van der Waals surface area contributed by atoms with Crippen LogP contribution in [0.15, 0.2) is 36.4 Å². The monoisotopic (exact) mass is 338 g/mol. The molecule has 3 rings (SSSR count). The Morgan fingerprint density at radius 3 is 2.40 bits per heavy atom. The second-order valence-corrected chi connectivity index (χ2v) is 6.44. The van der Waals surface area contributed by atoms with Gasteiger partial charge in [-0.25, -0.2) is 4.90 Å². The lowest BCUT2D eigenvalue weighted by atomic mass is 10.0. The molecule has 5 nitrogen and oxygen atoms in total. The molecule has 25 heavy (non-hydrogen) atoms. The highest BCUT2D eigenvalue weighted by atomic mass is 16.5. The molecule has 0 spiro atoms. The van der Waals surface area contributed by atoms with Gasteiger partial charge in [-0.2, -0.15) is 0 Å². The number of anilines is 2. The molecule has 0 bridgehead atoms. The van der Waals surface area contributed by atoms with Gasteiger partial charge in [0.05, 0.1) is 19.2 Å². The van der Waals surface area contributed by atoms with Crippen LogP contribution >= 0.6 is 0 Å². The Hall–Kier alpha value is -2.82. The first-order valence-electron chi connectivity index (χ1n) is 8.26. The molecular formula is C20H22N2O3. The van der Waals surface area contributed by atoms with Crippen LogP contribution in [0.1, 0.15) is 23.1 Å². The van der Waals surface area contributed by atoms with Gasteiger partial charge in [-0.15, -0.1) is 0 Å². The fraction of sp³-hybridized carbons (Fsp3) is 0.300. The number of hydrogen-bond acceptors (Lipinski definition) is 4. The van der Waals surface area contributed by atoms with Crippen molar-refractivity contribution in [2.24, 2.45) is 0 Å². The lowest BCUT2D eigenvalue weighted by molar-refractivity contribution is -0.121. The first kappa shape index (κ1) is 17.0. The molecule has 2 aromatic rings. The minimum absolute atomic E-state index is 0.142. The standard InChI is InChI=1S/C20H22N2O3/c1-12-8-13(2)19(14(3)9-12)21-17-11-18(23)22(20(17)24)15-6-5-7-16(10-15)25-4/h5-10,17,21H,11H2,1-4H3/t17-/m1/s1. The Morgan fingerprint density at radius 1 is 1.08 bits per heavy atom. The molecule has 5 heteroatoms. The molecule has 1 fully saturated rings. The summed E-state index contributed by atoms with van der Waals surface area (Å²) in [5.41, 5.74) is 4.77. The van der Waals surface area contributed by atoms with E-state index in [9.17, 15) is 9.59 Å². The molecule has 0 saturated carbocycles. The first-order valence-corrected chi connectivity index (χ1v) is 8.26. The molecule has 130 valence electrons. The van der Waals surface area contributed by atoms with Gasteiger partial charge in [0.15, 0.2) is 0 Å². The average molecular weight is 338 g/mol. The van der Waals surface area contributed by atoms with Gasteiger partial charge in [0.1, 0.15) is 11.8 Å². The van der Waals surface area contributed by atoms with Gasteiger partial charge in [-0.1, -0.05) is 23.8 Å². The number of methoxy groups -OCH3 is 1. The largest absolute Gasteiger partial charge is 0.497 e. The minimum atomic E-state index is -0.557. The summed E-state index contributed by atoms with van der Waals surface area (Å²) in [6, 6.07) is 10.6. The topological polar surface area (TPSA) is 58.6 Å².